The fraction of sp³-hybridized carbons (Fsp3) is 0.600. The van der Waals surface area contributed by atoms with Crippen molar-refractivity contribution < 1.29 is 19.1 Å². The Balaban J connectivity index is 2.38. The third-order valence-electron chi connectivity index (χ3n) is 4.12. The summed E-state index contributed by atoms with van der Waals surface area (Å²) >= 11 is 0. The Labute approximate surface area is 113 Å². The quantitative estimate of drug-likeness (QED) is 0.563. The first-order valence-electron chi connectivity index (χ1n) is 6.66. The lowest BCUT2D eigenvalue weighted by Crippen LogP contribution is -2.57. The van der Waals surface area contributed by atoms with Gasteiger partial charge in [-0.3, -0.25) is 9.59 Å². The van der Waals surface area contributed by atoms with E-state index in [-0.39, 0.29) is 17.7 Å². The van der Waals surface area contributed by atoms with Gasteiger partial charge in [0, 0.05) is 13.5 Å². The van der Waals surface area contributed by atoms with E-state index in [2.05, 4.69) is 6.58 Å². The maximum atomic E-state index is 12.3. The fourth-order valence-electron chi connectivity index (χ4n) is 3.20. The van der Waals surface area contributed by atoms with Crippen LogP contribution < -0.4 is 0 Å². The lowest BCUT2D eigenvalue weighted by Gasteiger charge is -2.46. The number of ketones is 1. The van der Waals surface area contributed by atoms with Crippen molar-refractivity contribution in [2.24, 2.45) is 11.8 Å². The molecule has 0 aromatic heterocycles. The molecule has 0 aliphatic heterocycles. The molecule has 0 N–H and O–H groups in total. The van der Waals surface area contributed by atoms with E-state index in [0.29, 0.717) is 19.4 Å². The molecule has 0 heterocycles. The van der Waals surface area contributed by atoms with Crippen molar-refractivity contribution in [3.63, 3.8) is 0 Å². The van der Waals surface area contributed by atoms with E-state index in [1.54, 1.807) is 6.92 Å². The van der Waals surface area contributed by atoms with Gasteiger partial charge < -0.3 is 9.47 Å². The largest absolute Gasteiger partial charge is 0.466 e. The minimum Gasteiger partial charge on any atom is -0.466 e. The summed E-state index contributed by atoms with van der Waals surface area (Å²) in [7, 11) is 1.48. The van der Waals surface area contributed by atoms with Gasteiger partial charge in [-0.2, -0.15) is 0 Å². The van der Waals surface area contributed by atoms with Crippen molar-refractivity contribution in [2.45, 2.75) is 31.8 Å². The molecule has 0 aromatic carbocycles. The highest BCUT2D eigenvalue weighted by atomic mass is 16.5. The molecule has 0 radical (unpaired) electrons. The third-order valence-corrected chi connectivity index (χ3v) is 4.12. The van der Waals surface area contributed by atoms with E-state index in [4.69, 9.17) is 9.47 Å². The van der Waals surface area contributed by atoms with Gasteiger partial charge in [0.05, 0.1) is 12.5 Å². The van der Waals surface area contributed by atoms with Gasteiger partial charge in [-0.25, -0.2) is 0 Å². The number of fused-ring (bicyclic) bond motifs is 2. The second kappa shape index (κ2) is 5.29. The summed E-state index contributed by atoms with van der Waals surface area (Å²) in [6, 6.07) is 0. The van der Waals surface area contributed by atoms with Crippen LogP contribution in [-0.2, 0) is 19.1 Å². The lowest BCUT2D eigenvalue weighted by molar-refractivity contribution is -0.170. The van der Waals surface area contributed by atoms with E-state index in [1.165, 1.54) is 7.11 Å². The van der Waals surface area contributed by atoms with Crippen LogP contribution in [0.4, 0.5) is 0 Å². The summed E-state index contributed by atoms with van der Waals surface area (Å²) in [5.41, 5.74) is 0.0244. The van der Waals surface area contributed by atoms with E-state index < -0.39 is 11.5 Å². The molecule has 104 valence electrons. The Hall–Kier alpha value is -1.42. The average Bonchev–Trinajstić information content (AvgIpc) is 2.40. The highest BCUT2D eigenvalue weighted by Gasteiger charge is 2.56. The predicted octanol–water partition coefficient (Wildman–Crippen LogP) is 2.05. The molecule has 3 aliphatic rings. The zero-order chi connectivity index (χ0) is 14.0. The molecule has 0 unspecified atom stereocenters. The highest BCUT2D eigenvalue weighted by Crippen LogP contribution is 2.48. The van der Waals surface area contributed by atoms with Crippen LogP contribution in [0.3, 0.4) is 0 Å². The summed E-state index contributed by atoms with van der Waals surface area (Å²) < 4.78 is 10.6. The summed E-state index contributed by atoms with van der Waals surface area (Å²) in [5, 5.41) is 0. The number of hydrogen-bond acceptors (Lipinski definition) is 4. The van der Waals surface area contributed by atoms with Crippen LogP contribution in [0.5, 0.6) is 0 Å². The van der Waals surface area contributed by atoms with Gasteiger partial charge in [-0.15, -0.1) is 6.58 Å². The van der Waals surface area contributed by atoms with E-state index in [1.807, 2.05) is 12.2 Å². The Bertz CT molecular complexity index is 437. The van der Waals surface area contributed by atoms with Crippen molar-refractivity contribution in [2.75, 3.05) is 13.7 Å². The first kappa shape index (κ1) is 14.0. The molecular formula is C15H20O4. The minimum atomic E-state index is -1.13. The Morgan fingerprint density at radius 1 is 1.63 bits per heavy atom. The Morgan fingerprint density at radius 2 is 2.37 bits per heavy atom. The van der Waals surface area contributed by atoms with Crippen LogP contribution in [-0.4, -0.2) is 31.1 Å². The standard InChI is InChI=1S/C15H20O4/c1-4-6-10-9-15(18-3)12(14(17)19-5-2)7-11(10)8-13(15)16/h4,9,11-12H,1,5-8H2,2-3H3/t11-,12-,15-/m1/s1. The van der Waals surface area contributed by atoms with Crippen LogP contribution in [0, 0.1) is 11.8 Å². The number of carbonyl (C=O) groups is 2. The smallest absolute Gasteiger partial charge is 0.312 e. The van der Waals surface area contributed by atoms with E-state index in [0.717, 1.165) is 12.0 Å². The number of hydrogen-bond donors (Lipinski definition) is 0. The van der Waals surface area contributed by atoms with Gasteiger partial charge >= 0.3 is 5.97 Å². The SMILES string of the molecule is C=CCC1=C[C@]2(OC)C(=O)C[C@H]1C[C@@H]2C(=O)OCC. The molecule has 3 rings (SSSR count). The van der Waals surface area contributed by atoms with Crippen LogP contribution in [0.15, 0.2) is 24.3 Å². The second-order valence-corrected chi connectivity index (χ2v) is 5.07. The lowest BCUT2D eigenvalue weighted by atomic mass is 9.61. The molecule has 0 amide bonds. The van der Waals surface area contributed by atoms with Gasteiger partial charge in [0.25, 0.3) is 0 Å². The summed E-state index contributed by atoms with van der Waals surface area (Å²) in [6.07, 6.45) is 5.45. The number of rotatable bonds is 5. The fourth-order valence-corrected chi connectivity index (χ4v) is 3.20. The summed E-state index contributed by atoms with van der Waals surface area (Å²) in [4.78, 5) is 24.3. The average molecular weight is 264 g/mol. The number of esters is 1. The third kappa shape index (κ3) is 2.14. The maximum absolute atomic E-state index is 12.3. The molecule has 19 heavy (non-hydrogen) atoms. The summed E-state index contributed by atoms with van der Waals surface area (Å²) in [6.45, 7) is 5.81. The van der Waals surface area contributed by atoms with Gasteiger partial charge in [0.2, 0.25) is 0 Å². The molecule has 1 saturated carbocycles. The van der Waals surface area contributed by atoms with Crippen molar-refractivity contribution in [1.29, 1.82) is 0 Å². The normalized spacial score (nSPS) is 32.9. The van der Waals surface area contributed by atoms with Gasteiger partial charge in [0.1, 0.15) is 0 Å². The number of Topliss-reactive ketones (excluding diaryl/α,β-unsaturated/α-hetero) is 1. The molecular weight excluding hydrogens is 244 g/mol. The number of ether oxygens (including phenoxy) is 2. The first-order chi connectivity index (χ1) is 9.08. The van der Waals surface area contributed by atoms with Crippen LogP contribution in [0.25, 0.3) is 0 Å². The molecule has 0 spiro atoms. The van der Waals surface area contributed by atoms with E-state index in [9.17, 15) is 9.59 Å². The van der Waals surface area contributed by atoms with Crippen molar-refractivity contribution >= 4 is 11.8 Å². The van der Waals surface area contributed by atoms with Gasteiger partial charge in [-0.1, -0.05) is 11.6 Å². The molecule has 3 aliphatic carbocycles. The number of methoxy groups -OCH3 is 1. The zero-order valence-electron chi connectivity index (χ0n) is 11.5. The molecule has 3 atom stereocenters. The molecule has 0 saturated heterocycles. The predicted molar refractivity (Wildman–Crippen MR) is 70.5 cm³/mol. The van der Waals surface area contributed by atoms with Crippen LogP contribution >= 0.6 is 0 Å². The molecule has 4 heteroatoms. The zero-order valence-corrected chi connectivity index (χ0v) is 11.5. The van der Waals surface area contributed by atoms with E-state index >= 15 is 0 Å². The highest BCUT2D eigenvalue weighted by molar-refractivity contribution is 5.97. The van der Waals surface area contributed by atoms with Gasteiger partial charge in [-0.05, 0) is 31.8 Å². The molecule has 1 fully saturated rings. The second-order valence-electron chi connectivity index (χ2n) is 5.07. The van der Waals surface area contributed by atoms with Gasteiger partial charge in [0.15, 0.2) is 11.4 Å². The Morgan fingerprint density at radius 3 is 2.95 bits per heavy atom. The number of allylic oxidation sites excluding steroid dienone is 2. The topological polar surface area (TPSA) is 52.6 Å². The first-order valence-corrected chi connectivity index (χ1v) is 6.66. The van der Waals surface area contributed by atoms with Crippen LogP contribution in [0.2, 0.25) is 0 Å². The van der Waals surface area contributed by atoms with Crippen molar-refractivity contribution in [3.8, 4) is 0 Å². The van der Waals surface area contributed by atoms with Crippen molar-refractivity contribution in [1.82, 2.24) is 0 Å². The maximum Gasteiger partial charge on any atom is 0.312 e. The minimum absolute atomic E-state index is 0.0166. The molecule has 4 nitrogen and oxygen atoms in total. The van der Waals surface area contributed by atoms with Crippen LogP contribution in [0.1, 0.15) is 26.2 Å². The summed E-state index contributed by atoms with van der Waals surface area (Å²) in [5.74, 6) is -0.748. The molecule has 2 bridgehead atoms. The number of carbonyl (C=O) groups excluding carboxylic acids is 2. The monoisotopic (exact) mass is 264 g/mol. The van der Waals surface area contributed by atoms with Crippen molar-refractivity contribution in [3.05, 3.63) is 24.3 Å². The molecule has 0 aromatic rings. The Kier molecular flexibility index (Phi) is 3.90.